The van der Waals surface area contributed by atoms with E-state index in [2.05, 4.69) is 176 Å². The first-order valence-electron chi connectivity index (χ1n) is 17.9. The highest BCUT2D eigenvalue weighted by molar-refractivity contribution is 6.12. The summed E-state index contributed by atoms with van der Waals surface area (Å²) in [7, 11) is 0. The van der Waals surface area contributed by atoms with Crippen LogP contribution in [-0.2, 0) is 0 Å². The lowest BCUT2D eigenvalue weighted by Crippen LogP contribution is -2.00. The zero-order valence-electron chi connectivity index (χ0n) is 28.6. The summed E-state index contributed by atoms with van der Waals surface area (Å²) >= 11 is 0. The smallest absolute Gasteiger partial charge is 0.164 e. The molecule has 4 aromatic heterocycles. The Morgan fingerprint density at radius 3 is 1.43 bits per heavy atom. The summed E-state index contributed by atoms with van der Waals surface area (Å²) in [6, 6.07) is 64.8. The van der Waals surface area contributed by atoms with Crippen molar-refractivity contribution in [2.45, 2.75) is 0 Å². The average Bonchev–Trinajstić information content (AvgIpc) is 3.89. The first-order valence-corrected chi connectivity index (χ1v) is 17.9. The van der Waals surface area contributed by atoms with E-state index in [4.69, 9.17) is 4.98 Å². The molecule has 11 aromatic rings. The Balaban J connectivity index is 1.04. The summed E-state index contributed by atoms with van der Waals surface area (Å²) < 4.78 is 6.94. The van der Waals surface area contributed by atoms with Crippen molar-refractivity contribution in [3.8, 4) is 39.7 Å². The molecule has 0 fully saturated rings. The molecule has 0 aliphatic heterocycles. The van der Waals surface area contributed by atoms with E-state index in [9.17, 15) is 0 Å². The Morgan fingerprint density at radius 2 is 0.830 bits per heavy atom. The number of hydrogen-bond acceptors (Lipinski definition) is 2. The predicted molar refractivity (Wildman–Crippen MR) is 218 cm³/mol. The van der Waals surface area contributed by atoms with Crippen LogP contribution in [0.5, 0.6) is 0 Å². The van der Waals surface area contributed by atoms with Crippen LogP contribution in [0.1, 0.15) is 0 Å². The van der Waals surface area contributed by atoms with Gasteiger partial charge in [0.1, 0.15) is 5.69 Å². The van der Waals surface area contributed by atoms with Gasteiger partial charge in [-0.1, -0.05) is 84.9 Å². The van der Waals surface area contributed by atoms with E-state index in [1.807, 2.05) is 30.5 Å². The van der Waals surface area contributed by atoms with Crippen LogP contribution in [0.15, 0.2) is 188 Å². The summed E-state index contributed by atoms with van der Waals surface area (Å²) in [5.41, 5.74) is 13.3. The summed E-state index contributed by atoms with van der Waals surface area (Å²) in [6.45, 7) is 0. The van der Waals surface area contributed by atoms with Crippen molar-refractivity contribution in [2.24, 2.45) is 0 Å². The van der Waals surface area contributed by atoms with Crippen molar-refractivity contribution in [1.82, 2.24) is 23.7 Å². The lowest BCUT2D eigenvalue weighted by Gasteiger charge is -2.12. The van der Waals surface area contributed by atoms with Gasteiger partial charge in [-0.05, 0) is 108 Å². The van der Waals surface area contributed by atoms with Crippen molar-refractivity contribution < 1.29 is 0 Å². The minimum absolute atomic E-state index is 0.826. The monoisotopic (exact) mass is 677 g/mol. The van der Waals surface area contributed by atoms with E-state index in [0.29, 0.717) is 0 Å². The van der Waals surface area contributed by atoms with E-state index in [1.54, 1.807) is 0 Å². The Morgan fingerprint density at radius 1 is 0.340 bits per heavy atom. The molecular formula is C48H31N5. The number of fused-ring (bicyclic) bond motifs is 7. The molecule has 7 aromatic carbocycles. The van der Waals surface area contributed by atoms with Gasteiger partial charge in [-0.15, -0.1) is 0 Å². The number of benzene rings is 7. The highest BCUT2D eigenvalue weighted by Gasteiger charge is 2.18. The number of aromatic nitrogens is 5. The molecular weight excluding hydrogens is 647 g/mol. The maximum absolute atomic E-state index is 4.99. The summed E-state index contributed by atoms with van der Waals surface area (Å²) in [4.78, 5) is 9.63. The first kappa shape index (κ1) is 29.5. The number of rotatable bonds is 5. The molecule has 248 valence electrons. The Hall–Kier alpha value is -7.24. The Bertz CT molecular complexity index is 3150. The molecule has 0 atom stereocenters. The van der Waals surface area contributed by atoms with Crippen LogP contribution in [0.2, 0.25) is 0 Å². The van der Waals surface area contributed by atoms with Crippen molar-refractivity contribution >= 4 is 54.6 Å². The molecule has 0 aliphatic rings. The minimum atomic E-state index is 0.826. The van der Waals surface area contributed by atoms with Gasteiger partial charge in [0, 0.05) is 44.8 Å². The molecule has 0 amide bonds. The standard InChI is InChI=1S/C48H31N5/c1-2-12-34(13-3-1)51-43-18-7-4-14-37(43)39-30-32(21-27-45(39)51)33-22-28-46-40(31-33)38-15-5-8-19-44(38)52(46)35-23-25-36(26-24-35)53-47-20-9-6-16-41(47)50-48(53)42-17-10-11-29-49-42/h1-31H. The number of pyridine rings is 1. The van der Waals surface area contributed by atoms with Crippen LogP contribution in [0.3, 0.4) is 0 Å². The van der Waals surface area contributed by atoms with Crippen LogP contribution < -0.4 is 0 Å². The molecule has 0 saturated heterocycles. The average molecular weight is 678 g/mol. The van der Waals surface area contributed by atoms with Gasteiger partial charge in [0.2, 0.25) is 0 Å². The van der Waals surface area contributed by atoms with Crippen LogP contribution in [0.4, 0.5) is 0 Å². The van der Waals surface area contributed by atoms with E-state index >= 15 is 0 Å². The van der Waals surface area contributed by atoms with Crippen molar-refractivity contribution in [3.63, 3.8) is 0 Å². The SMILES string of the molecule is c1ccc(-n2c3ccccc3c3cc(-c4ccc5c(c4)c4ccccc4n5-c4ccc(-n5c(-c6ccccn6)nc6ccccc65)cc4)ccc32)cc1. The molecule has 0 N–H and O–H groups in total. The van der Waals surface area contributed by atoms with Gasteiger partial charge in [-0.25, -0.2) is 4.98 Å². The Kier molecular flexibility index (Phi) is 6.48. The zero-order chi connectivity index (χ0) is 34.9. The summed E-state index contributed by atoms with van der Waals surface area (Å²) in [6.07, 6.45) is 1.82. The first-order chi connectivity index (χ1) is 26.3. The second kappa shape index (κ2) is 11.7. The number of para-hydroxylation sites is 5. The maximum Gasteiger partial charge on any atom is 0.164 e. The number of imidazole rings is 1. The van der Waals surface area contributed by atoms with Crippen molar-refractivity contribution in [1.29, 1.82) is 0 Å². The summed E-state index contributed by atoms with van der Waals surface area (Å²) in [5.74, 6) is 0.826. The lowest BCUT2D eigenvalue weighted by atomic mass is 10.0. The summed E-state index contributed by atoms with van der Waals surface area (Å²) in [5, 5.41) is 4.96. The third-order valence-corrected chi connectivity index (χ3v) is 10.5. The van der Waals surface area contributed by atoms with E-state index in [0.717, 1.165) is 33.9 Å². The molecule has 0 aliphatic carbocycles. The highest BCUT2D eigenvalue weighted by atomic mass is 15.1. The van der Waals surface area contributed by atoms with Gasteiger partial charge in [-0.2, -0.15) is 0 Å². The van der Waals surface area contributed by atoms with Gasteiger partial charge in [0.25, 0.3) is 0 Å². The molecule has 53 heavy (non-hydrogen) atoms. The quantitative estimate of drug-likeness (QED) is 0.182. The minimum Gasteiger partial charge on any atom is -0.309 e. The largest absolute Gasteiger partial charge is 0.309 e. The van der Waals surface area contributed by atoms with E-state index in [1.165, 1.54) is 60.4 Å². The van der Waals surface area contributed by atoms with Crippen molar-refractivity contribution in [2.75, 3.05) is 0 Å². The van der Waals surface area contributed by atoms with Crippen LogP contribution in [-0.4, -0.2) is 23.7 Å². The number of nitrogens with zero attached hydrogens (tertiary/aromatic N) is 5. The van der Waals surface area contributed by atoms with Gasteiger partial charge >= 0.3 is 0 Å². The van der Waals surface area contributed by atoms with Crippen LogP contribution in [0.25, 0.3) is 94.4 Å². The maximum atomic E-state index is 4.99. The fourth-order valence-electron chi connectivity index (χ4n) is 8.14. The zero-order valence-corrected chi connectivity index (χ0v) is 28.6. The Labute approximate surface area is 305 Å². The lowest BCUT2D eigenvalue weighted by molar-refractivity contribution is 1.07. The molecule has 0 spiro atoms. The van der Waals surface area contributed by atoms with E-state index in [-0.39, 0.29) is 0 Å². The highest BCUT2D eigenvalue weighted by Crippen LogP contribution is 2.38. The fourth-order valence-corrected chi connectivity index (χ4v) is 8.14. The third-order valence-electron chi connectivity index (χ3n) is 10.5. The molecule has 4 heterocycles. The molecule has 0 unspecified atom stereocenters. The van der Waals surface area contributed by atoms with Crippen LogP contribution >= 0.6 is 0 Å². The molecule has 0 radical (unpaired) electrons. The molecule has 0 bridgehead atoms. The van der Waals surface area contributed by atoms with Gasteiger partial charge in [0.05, 0.1) is 33.1 Å². The topological polar surface area (TPSA) is 40.6 Å². The van der Waals surface area contributed by atoms with Crippen molar-refractivity contribution in [3.05, 3.63) is 188 Å². The van der Waals surface area contributed by atoms with Gasteiger partial charge in [-0.3, -0.25) is 9.55 Å². The van der Waals surface area contributed by atoms with Gasteiger partial charge in [0.15, 0.2) is 5.82 Å². The van der Waals surface area contributed by atoms with E-state index < -0.39 is 0 Å². The second-order valence-corrected chi connectivity index (χ2v) is 13.5. The van der Waals surface area contributed by atoms with Gasteiger partial charge < -0.3 is 9.13 Å². The molecule has 0 saturated carbocycles. The molecule has 5 nitrogen and oxygen atoms in total. The third kappa shape index (κ3) is 4.57. The molecule has 5 heteroatoms. The van der Waals surface area contributed by atoms with Crippen LogP contribution in [0, 0.1) is 0 Å². The second-order valence-electron chi connectivity index (χ2n) is 13.5. The predicted octanol–water partition coefficient (Wildman–Crippen LogP) is 11.9. The fraction of sp³-hybridized carbons (Fsp3) is 0. The molecule has 11 rings (SSSR count). The normalized spacial score (nSPS) is 11.8. The number of hydrogen-bond donors (Lipinski definition) is 0.